The lowest BCUT2D eigenvalue weighted by molar-refractivity contribution is 0.554. The zero-order valence-electron chi connectivity index (χ0n) is 14.9. The van der Waals surface area contributed by atoms with Crippen LogP contribution in [0.5, 0.6) is 0 Å². The van der Waals surface area contributed by atoms with E-state index in [1.165, 1.54) is 0 Å². The topological polar surface area (TPSA) is 91.6 Å². The summed E-state index contributed by atoms with van der Waals surface area (Å²) >= 11 is 0. The van der Waals surface area contributed by atoms with E-state index in [1.54, 1.807) is 23.3 Å². The van der Waals surface area contributed by atoms with Crippen molar-refractivity contribution < 1.29 is 0 Å². The molecule has 0 spiro atoms. The van der Waals surface area contributed by atoms with Crippen molar-refractivity contribution in [3.05, 3.63) is 54.9 Å². The van der Waals surface area contributed by atoms with Crippen molar-refractivity contribution in [2.45, 2.75) is 26.4 Å². The Morgan fingerprint density at radius 2 is 2.04 bits per heavy atom. The van der Waals surface area contributed by atoms with Crippen molar-refractivity contribution in [3.8, 4) is 11.3 Å². The number of fused-ring (bicyclic) bond motifs is 2. The molecule has 9 nitrogen and oxygen atoms in total. The number of hydrogen-bond acceptors (Lipinski definition) is 6. The van der Waals surface area contributed by atoms with Gasteiger partial charge in [-0.1, -0.05) is 11.3 Å². The summed E-state index contributed by atoms with van der Waals surface area (Å²) in [5.74, 6) is 0. The first-order valence-electron chi connectivity index (χ1n) is 8.76. The third-order valence-electron chi connectivity index (χ3n) is 4.70. The summed E-state index contributed by atoms with van der Waals surface area (Å²) in [6.07, 6.45) is 11.2. The van der Waals surface area contributed by atoms with Gasteiger partial charge >= 0.3 is 0 Å². The van der Waals surface area contributed by atoms with Crippen molar-refractivity contribution >= 4 is 16.9 Å². The van der Waals surface area contributed by atoms with Crippen LogP contribution in [0.15, 0.2) is 49.3 Å². The molecule has 0 aliphatic rings. The van der Waals surface area contributed by atoms with Crippen LogP contribution in [0.2, 0.25) is 0 Å². The van der Waals surface area contributed by atoms with Crippen LogP contribution < -0.4 is 0 Å². The van der Waals surface area contributed by atoms with Gasteiger partial charge < -0.3 is 4.40 Å². The van der Waals surface area contributed by atoms with Gasteiger partial charge in [-0.2, -0.15) is 5.10 Å². The van der Waals surface area contributed by atoms with Gasteiger partial charge in [-0.3, -0.25) is 4.68 Å². The largest absolute Gasteiger partial charge is 0.307 e. The van der Waals surface area contributed by atoms with Gasteiger partial charge in [0.25, 0.3) is 0 Å². The fourth-order valence-electron chi connectivity index (χ4n) is 3.12. The lowest BCUT2D eigenvalue weighted by Gasteiger charge is -2.13. The molecule has 5 heterocycles. The standard InChI is InChI=1S/C18H17N9/c1-3-26-11-14(8-21-26)15-9-20-17-18(22-15)27(24-23-17)12(2)13-4-5-16-19-6-7-25(16)10-13/h4-12H,3H2,1-2H3. The van der Waals surface area contributed by atoms with E-state index >= 15 is 0 Å². The summed E-state index contributed by atoms with van der Waals surface area (Å²) in [5.41, 5.74) is 4.84. The molecule has 27 heavy (non-hydrogen) atoms. The van der Waals surface area contributed by atoms with Crippen LogP contribution in [-0.4, -0.2) is 44.1 Å². The molecule has 0 bridgehead atoms. The molecule has 1 unspecified atom stereocenters. The van der Waals surface area contributed by atoms with Gasteiger partial charge in [0.05, 0.1) is 24.1 Å². The summed E-state index contributed by atoms with van der Waals surface area (Å²) in [5, 5.41) is 12.8. The molecule has 9 heteroatoms. The third kappa shape index (κ3) is 2.55. The number of aromatic nitrogens is 9. The highest BCUT2D eigenvalue weighted by Gasteiger charge is 2.17. The van der Waals surface area contributed by atoms with Crippen molar-refractivity contribution in [1.29, 1.82) is 0 Å². The molecule has 0 aliphatic carbocycles. The maximum Gasteiger partial charge on any atom is 0.221 e. The molecule has 5 aromatic rings. The highest BCUT2D eigenvalue weighted by Crippen LogP contribution is 2.23. The monoisotopic (exact) mass is 359 g/mol. The highest BCUT2D eigenvalue weighted by atomic mass is 15.5. The fraction of sp³-hybridized carbons (Fsp3) is 0.222. The molecule has 0 saturated heterocycles. The van der Waals surface area contributed by atoms with E-state index in [2.05, 4.69) is 32.3 Å². The quantitative estimate of drug-likeness (QED) is 0.489. The molecule has 1 atom stereocenters. The molecule has 0 radical (unpaired) electrons. The molecule has 5 rings (SSSR count). The van der Waals surface area contributed by atoms with Gasteiger partial charge in [0.2, 0.25) is 5.65 Å². The van der Waals surface area contributed by atoms with Crippen LogP contribution in [0.3, 0.4) is 0 Å². The molecule has 0 aliphatic heterocycles. The second-order valence-electron chi connectivity index (χ2n) is 6.35. The summed E-state index contributed by atoms with van der Waals surface area (Å²) in [6, 6.07) is 3.98. The van der Waals surface area contributed by atoms with Crippen molar-refractivity contribution in [2.75, 3.05) is 0 Å². The smallest absolute Gasteiger partial charge is 0.221 e. The summed E-state index contributed by atoms with van der Waals surface area (Å²) in [4.78, 5) is 13.5. The number of pyridine rings is 1. The van der Waals surface area contributed by atoms with Crippen LogP contribution in [0.4, 0.5) is 0 Å². The zero-order chi connectivity index (χ0) is 18.4. The molecular weight excluding hydrogens is 342 g/mol. The van der Waals surface area contributed by atoms with E-state index in [4.69, 9.17) is 4.98 Å². The number of rotatable bonds is 4. The van der Waals surface area contributed by atoms with Gasteiger partial charge in [-0.25, -0.2) is 19.6 Å². The Hall–Kier alpha value is -3.62. The maximum atomic E-state index is 4.75. The van der Waals surface area contributed by atoms with E-state index < -0.39 is 0 Å². The Morgan fingerprint density at radius 1 is 1.11 bits per heavy atom. The predicted molar refractivity (Wildman–Crippen MR) is 99.0 cm³/mol. The van der Waals surface area contributed by atoms with Gasteiger partial charge in [-0.05, 0) is 25.5 Å². The zero-order valence-corrected chi connectivity index (χ0v) is 14.9. The first kappa shape index (κ1) is 15.6. The predicted octanol–water partition coefficient (Wildman–Crippen LogP) is 2.36. The van der Waals surface area contributed by atoms with E-state index in [-0.39, 0.29) is 6.04 Å². The van der Waals surface area contributed by atoms with Crippen molar-refractivity contribution in [3.63, 3.8) is 0 Å². The fourth-order valence-corrected chi connectivity index (χ4v) is 3.12. The number of nitrogens with zero attached hydrogens (tertiary/aromatic N) is 9. The second-order valence-corrected chi connectivity index (χ2v) is 6.35. The normalized spacial score (nSPS) is 12.8. The summed E-state index contributed by atoms with van der Waals surface area (Å²) in [6.45, 7) is 4.92. The van der Waals surface area contributed by atoms with E-state index in [9.17, 15) is 0 Å². The molecule has 134 valence electrons. The van der Waals surface area contributed by atoms with Gasteiger partial charge in [0, 0.05) is 36.9 Å². The van der Waals surface area contributed by atoms with Gasteiger partial charge in [0.15, 0.2) is 5.65 Å². The van der Waals surface area contributed by atoms with E-state index in [0.29, 0.717) is 11.3 Å². The van der Waals surface area contributed by atoms with Crippen molar-refractivity contribution in [2.24, 2.45) is 0 Å². The minimum atomic E-state index is -0.0512. The second kappa shape index (κ2) is 5.97. The van der Waals surface area contributed by atoms with Gasteiger partial charge in [-0.15, -0.1) is 5.10 Å². The molecule has 0 aromatic carbocycles. The van der Waals surface area contributed by atoms with E-state index in [0.717, 1.165) is 29.0 Å². The van der Waals surface area contributed by atoms with Crippen LogP contribution >= 0.6 is 0 Å². The average Bonchev–Trinajstić information content (AvgIpc) is 3.44. The van der Waals surface area contributed by atoms with Crippen molar-refractivity contribution in [1.82, 2.24) is 44.1 Å². The minimum absolute atomic E-state index is 0.0512. The Balaban J connectivity index is 1.58. The Bertz CT molecular complexity index is 1250. The maximum absolute atomic E-state index is 4.75. The molecule has 0 saturated carbocycles. The average molecular weight is 359 g/mol. The molecule has 0 N–H and O–H groups in total. The number of imidazole rings is 1. The van der Waals surface area contributed by atoms with Crippen LogP contribution in [0.1, 0.15) is 25.5 Å². The van der Waals surface area contributed by atoms with Crippen LogP contribution in [0.25, 0.3) is 28.2 Å². The Kier molecular flexibility index (Phi) is 3.46. The lowest BCUT2D eigenvalue weighted by Crippen LogP contribution is -2.10. The Labute approximate surface area is 154 Å². The number of hydrogen-bond donors (Lipinski definition) is 0. The molecule has 0 fully saturated rings. The SMILES string of the molecule is CCn1cc(-c2cnc3nnn(C(C)c4ccc5nccn5c4)c3n2)cn1. The molecular formula is C18H17N9. The molecule has 0 amide bonds. The van der Waals surface area contributed by atoms with E-state index in [1.807, 2.05) is 46.7 Å². The first-order valence-corrected chi connectivity index (χ1v) is 8.76. The highest BCUT2D eigenvalue weighted by molar-refractivity contribution is 5.69. The molecule has 5 aromatic heterocycles. The summed E-state index contributed by atoms with van der Waals surface area (Å²) < 4.78 is 5.65. The number of aryl methyl sites for hydroxylation is 1. The van der Waals surface area contributed by atoms with Gasteiger partial charge in [0.1, 0.15) is 5.65 Å². The summed E-state index contributed by atoms with van der Waals surface area (Å²) in [7, 11) is 0. The Morgan fingerprint density at radius 3 is 2.89 bits per heavy atom. The van der Waals surface area contributed by atoms with Crippen LogP contribution in [-0.2, 0) is 6.54 Å². The minimum Gasteiger partial charge on any atom is -0.307 e. The lowest BCUT2D eigenvalue weighted by atomic mass is 10.1. The first-order chi connectivity index (χ1) is 13.2. The van der Waals surface area contributed by atoms with Crippen LogP contribution in [0, 0.1) is 0 Å². The third-order valence-corrected chi connectivity index (χ3v) is 4.70.